The van der Waals surface area contributed by atoms with Crippen LogP contribution in [0.15, 0.2) is 59.9 Å². The van der Waals surface area contributed by atoms with E-state index in [1.807, 2.05) is 25.3 Å². The maximum atomic E-state index is 12.5. The summed E-state index contributed by atoms with van der Waals surface area (Å²) in [6.07, 6.45) is 5.16. The quantitative estimate of drug-likeness (QED) is 0.414. The molecule has 0 aliphatic rings. The molecule has 0 unspecified atom stereocenters. The van der Waals surface area contributed by atoms with Gasteiger partial charge in [-0.3, -0.25) is 14.2 Å². The third kappa shape index (κ3) is 4.92. The van der Waals surface area contributed by atoms with Crippen molar-refractivity contribution in [2.24, 2.45) is 0 Å². The largest absolute Gasteiger partial charge is 0.368 e. The van der Waals surface area contributed by atoms with Gasteiger partial charge in [-0.2, -0.15) is 5.10 Å². The maximum absolute atomic E-state index is 12.5. The lowest BCUT2D eigenvalue weighted by molar-refractivity contribution is -0.121. The van der Waals surface area contributed by atoms with Gasteiger partial charge >= 0.3 is 0 Å². The van der Waals surface area contributed by atoms with Gasteiger partial charge in [0.2, 0.25) is 5.91 Å². The van der Waals surface area contributed by atoms with Crippen LogP contribution < -0.4 is 16.2 Å². The van der Waals surface area contributed by atoms with Crippen LogP contribution in [-0.2, 0) is 11.3 Å². The SMILES string of the molecule is Cc1nc(NCCNC(=O)CCn2cnc3ccccc3c2=O)cc(-n2cccn2)n1. The number of aryl methyl sites for hydroxylation is 2. The van der Waals surface area contributed by atoms with Crippen LogP contribution >= 0.6 is 0 Å². The predicted octanol–water partition coefficient (Wildman–Crippen LogP) is 1.30. The molecule has 0 spiro atoms. The molecule has 4 aromatic rings. The van der Waals surface area contributed by atoms with Gasteiger partial charge in [0.05, 0.1) is 17.2 Å². The minimum Gasteiger partial charge on any atom is -0.368 e. The third-order valence-corrected chi connectivity index (χ3v) is 4.63. The molecule has 4 rings (SSSR count). The summed E-state index contributed by atoms with van der Waals surface area (Å²) in [6.45, 7) is 3.00. The summed E-state index contributed by atoms with van der Waals surface area (Å²) >= 11 is 0. The van der Waals surface area contributed by atoms with Gasteiger partial charge in [0, 0.05) is 44.5 Å². The van der Waals surface area contributed by atoms with Gasteiger partial charge in [0.1, 0.15) is 11.6 Å². The molecule has 1 aromatic carbocycles. The topological polar surface area (TPSA) is 120 Å². The number of carbonyl (C=O) groups is 1. The first-order valence-electron chi connectivity index (χ1n) is 9.90. The Kier molecular flexibility index (Phi) is 5.97. The van der Waals surface area contributed by atoms with Gasteiger partial charge in [0.15, 0.2) is 5.82 Å². The molecule has 0 saturated carbocycles. The number of anilines is 1. The number of rotatable bonds is 8. The third-order valence-electron chi connectivity index (χ3n) is 4.63. The van der Waals surface area contributed by atoms with Gasteiger partial charge in [-0.25, -0.2) is 19.6 Å². The summed E-state index contributed by atoms with van der Waals surface area (Å²) in [4.78, 5) is 37.6. The van der Waals surface area contributed by atoms with E-state index < -0.39 is 0 Å². The summed E-state index contributed by atoms with van der Waals surface area (Å²) in [5.74, 6) is 1.80. The number of carbonyl (C=O) groups excluding carboxylic acids is 1. The van der Waals surface area contributed by atoms with E-state index in [9.17, 15) is 9.59 Å². The van der Waals surface area contributed by atoms with E-state index in [1.54, 1.807) is 35.1 Å². The molecule has 10 heteroatoms. The van der Waals surface area contributed by atoms with Gasteiger partial charge in [0.25, 0.3) is 5.56 Å². The Bertz CT molecular complexity index is 1250. The zero-order valence-electron chi connectivity index (χ0n) is 17.0. The van der Waals surface area contributed by atoms with Gasteiger partial charge in [-0.1, -0.05) is 12.1 Å². The molecule has 0 radical (unpaired) electrons. The zero-order valence-corrected chi connectivity index (χ0v) is 17.0. The minimum absolute atomic E-state index is 0.141. The molecule has 3 aromatic heterocycles. The number of hydrogen-bond donors (Lipinski definition) is 2. The minimum atomic E-state index is -0.146. The van der Waals surface area contributed by atoms with Crippen LogP contribution in [0.25, 0.3) is 16.7 Å². The molecule has 0 atom stereocenters. The lowest BCUT2D eigenvalue weighted by Crippen LogP contribution is -2.31. The fourth-order valence-electron chi connectivity index (χ4n) is 3.13. The molecular formula is C21H22N8O2. The van der Waals surface area contributed by atoms with E-state index in [2.05, 4.69) is 30.7 Å². The maximum Gasteiger partial charge on any atom is 0.261 e. The van der Waals surface area contributed by atoms with E-state index >= 15 is 0 Å². The second-order valence-corrected chi connectivity index (χ2v) is 6.90. The van der Waals surface area contributed by atoms with Crippen molar-refractivity contribution in [2.75, 3.05) is 18.4 Å². The predicted molar refractivity (Wildman–Crippen MR) is 116 cm³/mol. The molecule has 3 heterocycles. The summed E-state index contributed by atoms with van der Waals surface area (Å²) in [6, 6.07) is 10.8. The number of aromatic nitrogens is 6. The van der Waals surface area contributed by atoms with Crippen molar-refractivity contribution in [3.63, 3.8) is 0 Å². The van der Waals surface area contributed by atoms with Gasteiger partial charge in [-0.15, -0.1) is 0 Å². The van der Waals surface area contributed by atoms with Crippen LogP contribution in [0.1, 0.15) is 12.2 Å². The van der Waals surface area contributed by atoms with Crippen molar-refractivity contribution in [3.8, 4) is 5.82 Å². The zero-order chi connectivity index (χ0) is 21.6. The normalized spacial score (nSPS) is 10.9. The molecule has 10 nitrogen and oxygen atoms in total. The summed E-state index contributed by atoms with van der Waals surface area (Å²) in [5.41, 5.74) is 0.502. The first-order valence-corrected chi connectivity index (χ1v) is 9.90. The summed E-state index contributed by atoms with van der Waals surface area (Å²) in [5, 5.41) is 10.7. The van der Waals surface area contributed by atoms with Crippen molar-refractivity contribution in [1.82, 2.24) is 34.6 Å². The van der Waals surface area contributed by atoms with Crippen LogP contribution in [0.4, 0.5) is 5.82 Å². The molecule has 158 valence electrons. The molecule has 0 aliphatic heterocycles. The highest BCUT2D eigenvalue weighted by Crippen LogP contribution is 2.09. The molecule has 0 bridgehead atoms. The molecule has 0 aliphatic carbocycles. The number of amides is 1. The number of para-hydroxylation sites is 1. The van der Waals surface area contributed by atoms with Gasteiger partial charge < -0.3 is 10.6 Å². The molecule has 31 heavy (non-hydrogen) atoms. The highest BCUT2D eigenvalue weighted by molar-refractivity contribution is 5.77. The number of fused-ring (bicyclic) bond motifs is 1. The Hall–Kier alpha value is -4.08. The first-order chi connectivity index (χ1) is 15.1. The lowest BCUT2D eigenvalue weighted by Gasteiger charge is -2.10. The molecule has 0 saturated heterocycles. The number of nitrogens with zero attached hydrogens (tertiary/aromatic N) is 6. The Morgan fingerprint density at radius 2 is 2.00 bits per heavy atom. The number of hydrogen-bond acceptors (Lipinski definition) is 7. The van der Waals surface area contributed by atoms with Crippen LogP contribution in [0.2, 0.25) is 0 Å². The van der Waals surface area contributed by atoms with Crippen molar-refractivity contribution in [3.05, 3.63) is 71.3 Å². The van der Waals surface area contributed by atoms with Crippen molar-refractivity contribution < 1.29 is 4.79 Å². The Balaban J connectivity index is 1.26. The monoisotopic (exact) mass is 418 g/mol. The van der Waals surface area contributed by atoms with Crippen molar-refractivity contribution in [1.29, 1.82) is 0 Å². The van der Waals surface area contributed by atoms with E-state index in [0.29, 0.717) is 41.5 Å². The first kappa shape index (κ1) is 20.2. The van der Waals surface area contributed by atoms with E-state index in [4.69, 9.17) is 0 Å². The smallest absolute Gasteiger partial charge is 0.261 e. The van der Waals surface area contributed by atoms with E-state index in [0.717, 1.165) is 0 Å². The van der Waals surface area contributed by atoms with Gasteiger partial charge in [-0.05, 0) is 25.1 Å². The summed E-state index contributed by atoms with van der Waals surface area (Å²) < 4.78 is 3.12. The highest BCUT2D eigenvalue weighted by Gasteiger charge is 2.07. The van der Waals surface area contributed by atoms with Crippen LogP contribution in [0.3, 0.4) is 0 Å². The van der Waals surface area contributed by atoms with E-state index in [-0.39, 0.29) is 24.4 Å². The summed E-state index contributed by atoms with van der Waals surface area (Å²) in [7, 11) is 0. The van der Waals surface area contributed by atoms with Crippen molar-refractivity contribution in [2.45, 2.75) is 19.9 Å². The Labute approximate surface area is 178 Å². The second-order valence-electron chi connectivity index (χ2n) is 6.90. The number of benzene rings is 1. The highest BCUT2D eigenvalue weighted by atomic mass is 16.1. The van der Waals surface area contributed by atoms with Crippen LogP contribution in [0.5, 0.6) is 0 Å². The molecule has 2 N–H and O–H groups in total. The Morgan fingerprint density at radius 3 is 2.84 bits per heavy atom. The average molecular weight is 418 g/mol. The number of nitrogens with one attached hydrogen (secondary N) is 2. The van der Waals surface area contributed by atoms with Crippen LogP contribution in [0, 0.1) is 6.92 Å². The van der Waals surface area contributed by atoms with Crippen molar-refractivity contribution >= 4 is 22.6 Å². The second kappa shape index (κ2) is 9.16. The lowest BCUT2D eigenvalue weighted by atomic mass is 10.2. The van der Waals surface area contributed by atoms with Crippen LogP contribution in [-0.4, -0.2) is 48.3 Å². The molecular weight excluding hydrogens is 396 g/mol. The Morgan fingerprint density at radius 1 is 1.13 bits per heavy atom. The average Bonchev–Trinajstić information content (AvgIpc) is 3.31. The fraction of sp³-hybridized carbons (Fsp3) is 0.238. The standard InChI is InChI=1S/C21H22N8O2/c1-15-26-18(13-19(27-15)29-11-4-8-25-29)22-9-10-23-20(30)7-12-28-14-24-17-6-3-2-5-16(17)21(28)31/h2-6,8,11,13-14H,7,9-10,12H2,1H3,(H,23,30)(H,22,26,27). The molecule has 0 fully saturated rings. The molecule has 1 amide bonds. The van der Waals surface area contributed by atoms with E-state index in [1.165, 1.54) is 10.9 Å². The fourth-order valence-corrected chi connectivity index (χ4v) is 3.13.